The molecule has 138 valence electrons. The van der Waals surface area contributed by atoms with Crippen LogP contribution in [0.1, 0.15) is 95.9 Å². The molecule has 1 amide bonds. The van der Waals surface area contributed by atoms with E-state index in [1.807, 2.05) is 0 Å². The van der Waals surface area contributed by atoms with Crippen molar-refractivity contribution in [3.05, 3.63) is 0 Å². The van der Waals surface area contributed by atoms with Crippen molar-refractivity contribution in [1.29, 1.82) is 0 Å². The molecule has 0 aliphatic heterocycles. The number of hydrogen-bond donors (Lipinski definition) is 1. The number of amides is 1. The first-order chi connectivity index (χ1) is 9.91. The fraction of sp³-hybridized carbons (Fsp3) is 0.952. The maximum atomic E-state index is 12.9. The number of carbonyl (C=O) groups is 1. The largest absolute Gasteiger partial charge is 0.351 e. The van der Waals surface area contributed by atoms with E-state index < -0.39 is 0 Å². The van der Waals surface area contributed by atoms with E-state index in [1.165, 1.54) is 0 Å². The predicted octanol–water partition coefficient (Wildman–Crippen LogP) is 6.05. The van der Waals surface area contributed by atoms with Gasteiger partial charge in [-0.25, -0.2) is 0 Å². The minimum Gasteiger partial charge on any atom is -0.351 e. The molecule has 2 nitrogen and oxygen atoms in total. The van der Waals surface area contributed by atoms with E-state index in [2.05, 4.69) is 88.4 Å². The van der Waals surface area contributed by atoms with Crippen LogP contribution >= 0.6 is 0 Å². The average molecular weight is 326 g/mol. The monoisotopic (exact) mass is 325 g/mol. The molecule has 2 heteroatoms. The van der Waals surface area contributed by atoms with Crippen LogP contribution in [0, 0.1) is 28.1 Å². The zero-order chi connectivity index (χ0) is 18.9. The maximum Gasteiger partial charge on any atom is 0.226 e. The van der Waals surface area contributed by atoms with Crippen molar-refractivity contribution < 1.29 is 4.79 Å². The molecule has 0 radical (unpaired) electrons. The number of hydrogen-bond acceptors (Lipinski definition) is 1. The van der Waals surface area contributed by atoms with Crippen LogP contribution in [0.4, 0.5) is 0 Å². The van der Waals surface area contributed by atoms with Gasteiger partial charge in [0, 0.05) is 11.0 Å². The standard InChI is InChI=1S/C21H43NO/c1-15(2)19(7,8)14-20(9,10)17(23)22-21(11,12)13-16(3)18(4,5)6/h15-16H,13-14H2,1-12H3,(H,22,23). The minimum atomic E-state index is -0.351. The molecule has 0 bridgehead atoms. The minimum absolute atomic E-state index is 0.156. The molecule has 0 aromatic rings. The van der Waals surface area contributed by atoms with Crippen LogP contribution in [0.3, 0.4) is 0 Å². The molecule has 1 N–H and O–H groups in total. The molecule has 0 aliphatic carbocycles. The third kappa shape index (κ3) is 7.27. The van der Waals surface area contributed by atoms with Crippen molar-refractivity contribution in [2.24, 2.45) is 28.1 Å². The molecule has 0 saturated heterocycles. The summed E-state index contributed by atoms with van der Waals surface area (Å²) >= 11 is 0. The Morgan fingerprint density at radius 2 is 1.30 bits per heavy atom. The number of rotatable bonds is 7. The first kappa shape index (κ1) is 22.5. The molecular weight excluding hydrogens is 282 g/mol. The maximum absolute atomic E-state index is 12.9. The van der Waals surface area contributed by atoms with Gasteiger partial charge in [-0.2, -0.15) is 0 Å². The van der Waals surface area contributed by atoms with Crippen LogP contribution in [0.15, 0.2) is 0 Å². The normalized spacial score (nSPS) is 15.7. The Balaban J connectivity index is 4.97. The summed E-state index contributed by atoms with van der Waals surface area (Å²) in [6.07, 6.45) is 1.89. The van der Waals surface area contributed by atoms with Gasteiger partial charge in [0.2, 0.25) is 5.91 Å². The Bertz CT molecular complexity index is 397. The van der Waals surface area contributed by atoms with Gasteiger partial charge in [-0.15, -0.1) is 0 Å². The smallest absolute Gasteiger partial charge is 0.226 e. The molecule has 1 atom stereocenters. The van der Waals surface area contributed by atoms with E-state index in [0.717, 1.165) is 12.8 Å². The van der Waals surface area contributed by atoms with Gasteiger partial charge in [0.05, 0.1) is 0 Å². The third-order valence-electron chi connectivity index (χ3n) is 5.82. The highest BCUT2D eigenvalue weighted by molar-refractivity contribution is 5.82. The van der Waals surface area contributed by atoms with E-state index >= 15 is 0 Å². The highest BCUT2D eigenvalue weighted by atomic mass is 16.2. The molecule has 23 heavy (non-hydrogen) atoms. The zero-order valence-corrected chi connectivity index (χ0v) is 18.0. The number of nitrogens with one attached hydrogen (secondary N) is 1. The first-order valence-electron chi connectivity index (χ1n) is 9.23. The van der Waals surface area contributed by atoms with Crippen molar-refractivity contribution in [2.75, 3.05) is 0 Å². The molecule has 0 spiro atoms. The Labute approximate surface area is 146 Å². The lowest BCUT2D eigenvalue weighted by Crippen LogP contribution is -2.51. The Morgan fingerprint density at radius 3 is 1.65 bits per heavy atom. The first-order valence-corrected chi connectivity index (χ1v) is 9.23. The molecule has 1 unspecified atom stereocenters. The lowest BCUT2D eigenvalue weighted by atomic mass is 9.68. The molecule has 0 heterocycles. The van der Waals surface area contributed by atoms with Gasteiger partial charge >= 0.3 is 0 Å². The molecule has 0 fully saturated rings. The van der Waals surface area contributed by atoms with Crippen molar-refractivity contribution >= 4 is 5.91 Å². The topological polar surface area (TPSA) is 29.1 Å². The van der Waals surface area contributed by atoms with Gasteiger partial charge in [0.25, 0.3) is 0 Å². The van der Waals surface area contributed by atoms with Gasteiger partial charge in [-0.05, 0) is 49.4 Å². The Hall–Kier alpha value is -0.530. The summed E-state index contributed by atoms with van der Waals surface area (Å²) in [7, 11) is 0. The average Bonchev–Trinajstić information content (AvgIpc) is 2.24. The summed E-state index contributed by atoms with van der Waals surface area (Å²) < 4.78 is 0. The van der Waals surface area contributed by atoms with Crippen LogP contribution < -0.4 is 5.32 Å². The van der Waals surface area contributed by atoms with Crippen LogP contribution in [0.2, 0.25) is 0 Å². The van der Waals surface area contributed by atoms with Crippen LogP contribution in [-0.2, 0) is 4.79 Å². The van der Waals surface area contributed by atoms with E-state index in [9.17, 15) is 4.79 Å². The van der Waals surface area contributed by atoms with E-state index in [-0.39, 0.29) is 27.7 Å². The van der Waals surface area contributed by atoms with Gasteiger partial charge < -0.3 is 5.32 Å². The van der Waals surface area contributed by atoms with Crippen molar-refractivity contribution in [3.63, 3.8) is 0 Å². The van der Waals surface area contributed by atoms with Crippen molar-refractivity contribution in [3.8, 4) is 0 Å². The Morgan fingerprint density at radius 1 is 0.870 bits per heavy atom. The van der Waals surface area contributed by atoms with Gasteiger partial charge in [-0.1, -0.05) is 69.2 Å². The lowest BCUT2D eigenvalue weighted by Gasteiger charge is -2.40. The lowest BCUT2D eigenvalue weighted by molar-refractivity contribution is -0.133. The van der Waals surface area contributed by atoms with Crippen LogP contribution in [0.5, 0.6) is 0 Å². The van der Waals surface area contributed by atoms with E-state index in [0.29, 0.717) is 11.8 Å². The molecule has 0 aromatic carbocycles. The summed E-state index contributed by atoms with van der Waals surface area (Å²) in [5.41, 5.74) is -0.111. The molecule has 0 rings (SSSR count). The SMILES string of the molecule is CC(CC(C)(C)NC(=O)C(C)(C)CC(C)(C)C(C)C)C(C)(C)C. The summed E-state index contributed by atoms with van der Waals surface area (Å²) in [6.45, 7) is 26.5. The third-order valence-corrected chi connectivity index (χ3v) is 5.82. The molecule has 0 aliphatic rings. The summed E-state index contributed by atoms with van der Waals surface area (Å²) in [4.78, 5) is 12.9. The quantitative estimate of drug-likeness (QED) is 0.606. The van der Waals surface area contributed by atoms with Gasteiger partial charge in [-0.3, -0.25) is 4.79 Å². The predicted molar refractivity (Wildman–Crippen MR) is 102 cm³/mol. The zero-order valence-electron chi connectivity index (χ0n) is 18.0. The highest BCUT2D eigenvalue weighted by Gasteiger charge is 2.38. The van der Waals surface area contributed by atoms with Crippen molar-refractivity contribution in [2.45, 2.75) is 101 Å². The summed E-state index contributed by atoms with van der Waals surface area (Å²) in [6, 6.07) is 0. The second-order valence-corrected chi connectivity index (χ2v) is 11.0. The van der Waals surface area contributed by atoms with E-state index in [1.54, 1.807) is 0 Å². The van der Waals surface area contributed by atoms with Crippen molar-refractivity contribution in [1.82, 2.24) is 5.32 Å². The second-order valence-electron chi connectivity index (χ2n) is 11.0. The van der Waals surface area contributed by atoms with Crippen LogP contribution in [-0.4, -0.2) is 11.4 Å². The summed E-state index contributed by atoms with van der Waals surface area (Å²) in [5.74, 6) is 1.29. The van der Waals surface area contributed by atoms with Gasteiger partial charge in [0.1, 0.15) is 0 Å². The summed E-state index contributed by atoms with van der Waals surface area (Å²) in [5, 5.41) is 3.32. The van der Waals surface area contributed by atoms with E-state index in [4.69, 9.17) is 0 Å². The van der Waals surface area contributed by atoms with Crippen LogP contribution in [0.25, 0.3) is 0 Å². The Kier molecular flexibility index (Phi) is 6.99. The highest BCUT2D eigenvalue weighted by Crippen LogP contribution is 2.40. The van der Waals surface area contributed by atoms with Gasteiger partial charge in [0.15, 0.2) is 0 Å². The molecular formula is C21H43NO. The molecule has 0 aromatic heterocycles. The fourth-order valence-corrected chi connectivity index (χ4v) is 3.02. The molecule has 0 saturated carbocycles. The second kappa shape index (κ2) is 7.15. The number of carbonyl (C=O) groups excluding carboxylic acids is 1. The fourth-order valence-electron chi connectivity index (χ4n) is 3.02.